The van der Waals surface area contributed by atoms with Crippen LogP contribution in [0.3, 0.4) is 0 Å². The van der Waals surface area contributed by atoms with Crippen molar-refractivity contribution >= 4 is 16.8 Å². The van der Waals surface area contributed by atoms with Crippen molar-refractivity contribution in [2.45, 2.75) is 19.3 Å². The predicted molar refractivity (Wildman–Crippen MR) is 72.7 cm³/mol. The smallest absolute Gasteiger partial charge is 0.229 e. The molecule has 18 heavy (non-hydrogen) atoms. The minimum atomic E-state index is -0.331. The van der Waals surface area contributed by atoms with Crippen molar-refractivity contribution in [3.05, 3.63) is 65.5 Å². The quantitative estimate of drug-likeness (QED) is 0.787. The Kier molecular flexibility index (Phi) is 4.11. The van der Waals surface area contributed by atoms with Crippen LogP contribution in [0.25, 0.3) is 0 Å². The Labute approximate surface area is 112 Å². The van der Waals surface area contributed by atoms with Crippen molar-refractivity contribution < 1.29 is 4.79 Å². The SMILES string of the molecule is Cc1ccc(C(Cc2cccnc2)C(=O)Cl)cc1. The molecular weight excluding hydrogens is 246 g/mol. The maximum absolute atomic E-state index is 11.6. The highest BCUT2D eigenvalue weighted by Crippen LogP contribution is 2.23. The van der Waals surface area contributed by atoms with Crippen LogP contribution < -0.4 is 0 Å². The number of hydrogen-bond acceptors (Lipinski definition) is 2. The van der Waals surface area contributed by atoms with E-state index in [2.05, 4.69) is 4.98 Å². The van der Waals surface area contributed by atoms with Crippen LogP contribution in [0.5, 0.6) is 0 Å². The lowest BCUT2D eigenvalue weighted by atomic mass is 9.93. The topological polar surface area (TPSA) is 30.0 Å². The molecule has 2 aromatic rings. The molecule has 0 aliphatic heterocycles. The molecule has 0 aliphatic carbocycles. The number of carbonyl (C=O) groups excluding carboxylic acids is 1. The number of nitrogens with zero attached hydrogens (tertiary/aromatic N) is 1. The number of aryl methyl sites for hydroxylation is 1. The first-order valence-electron chi connectivity index (χ1n) is 5.81. The van der Waals surface area contributed by atoms with Crippen LogP contribution in [0.15, 0.2) is 48.8 Å². The van der Waals surface area contributed by atoms with Crippen LogP contribution in [0, 0.1) is 6.92 Å². The van der Waals surface area contributed by atoms with Gasteiger partial charge < -0.3 is 0 Å². The molecule has 3 heteroatoms. The first-order chi connectivity index (χ1) is 8.66. The zero-order chi connectivity index (χ0) is 13.0. The Morgan fingerprint density at radius 3 is 2.56 bits per heavy atom. The van der Waals surface area contributed by atoms with Crippen LogP contribution in [0.1, 0.15) is 22.6 Å². The molecule has 0 saturated carbocycles. The molecule has 0 saturated heterocycles. The van der Waals surface area contributed by atoms with Gasteiger partial charge in [-0.2, -0.15) is 0 Å². The average molecular weight is 260 g/mol. The third-order valence-corrected chi connectivity index (χ3v) is 3.18. The van der Waals surface area contributed by atoms with Crippen LogP contribution in [-0.4, -0.2) is 10.2 Å². The van der Waals surface area contributed by atoms with E-state index in [1.54, 1.807) is 12.4 Å². The molecule has 92 valence electrons. The normalized spacial score (nSPS) is 12.1. The van der Waals surface area contributed by atoms with Gasteiger partial charge >= 0.3 is 0 Å². The van der Waals surface area contributed by atoms with Gasteiger partial charge in [0, 0.05) is 12.4 Å². The van der Waals surface area contributed by atoms with Crippen molar-refractivity contribution in [1.29, 1.82) is 0 Å². The molecule has 2 rings (SSSR count). The largest absolute Gasteiger partial charge is 0.281 e. The first kappa shape index (κ1) is 12.8. The average Bonchev–Trinajstić information content (AvgIpc) is 2.38. The molecule has 1 aromatic carbocycles. The third kappa shape index (κ3) is 3.17. The fourth-order valence-electron chi connectivity index (χ4n) is 1.88. The van der Waals surface area contributed by atoms with Gasteiger partial charge in [0.1, 0.15) is 0 Å². The Hall–Kier alpha value is -1.67. The van der Waals surface area contributed by atoms with E-state index in [1.165, 1.54) is 5.56 Å². The van der Waals surface area contributed by atoms with Crippen LogP contribution in [-0.2, 0) is 11.2 Å². The summed E-state index contributed by atoms with van der Waals surface area (Å²) in [7, 11) is 0. The highest BCUT2D eigenvalue weighted by atomic mass is 35.5. The second-order valence-electron chi connectivity index (χ2n) is 4.33. The highest BCUT2D eigenvalue weighted by Gasteiger charge is 2.19. The molecule has 1 unspecified atom stereocenters. The summed E-state index contributed by atoms with van der Waals surface area (Å²) in [6, 6.07) is 11.7. The van der Waals surface area contributed by atoms with Crippen molar-refractivity contribution in [3.63, 3.8) is 0 Å². The van der Waals surface area contributed by atoms with Crippen molar-refractivity contribution in [1.82, 2.24) is 4.98 Å². The lowest BCUT2D eigenvalue weighted by molar-refractivity contribution is -0.113. The van der Waals surface area contributed by atoms with Crippen molar-refractivity contribution in [2.24, 2.45) is 0 Å². The monoisotopic (exact) mass is 259 g/mol. The van der Waals surface area contributed by atoms with Gasteiger partial charge in [-0.3, -0.25) is 9.78 Å². The summed E-state index contributed by atoms with van der Waals surface area (Å²) in [4.78, 5) is 15.6. The zero-order valence-electron chi connectivity index (χ0n) is 10.1. The number of aromatic nitrogens is 1. The van der Waals surface area contributed by atoms with E-state index < -0.39 is 0 Å². The Morgan fingerprint density at radius 1 is 1.28 bits per heavy atom. The summed E-state index contributed by atoms with van der Waals surface area (Å²) < 4.78 is 0. The maximum Gasteiger partial charge on any atom is 0.229 e. The zero-order valence-corrected chi connectivity index (χ0v) is 10.9. The Balaban J connectivity index is 2.24. The summed E-state index contributed by atoms with van der Waals surface area (Å²) in [6.07, 6.45) is 4.06. The number of halogens is 1. The number of pyridine rings is 1. The van der Waals surface area contributed by atoms with E-state index in [0.717, 1.165) is 11.1 Å². The van der Waals surface area contributed by atoms with Crippen molar-refractivity contribution in [2.75, 3.05) is 0 Å². The molecule has 0 spiro atoms. The van der Waals surface area contributed by atoms with Gasteiger partial charge in [0.25, 0.3) is 0 Å². The van der Waals surface area contributed by atoms with Gasteiger partial charge in [-0.25, -0.2) is 0 Å². The molecule has 0 radical (unpaired) electrons. The minimum Gasteiger partial charge on any atom is -0.281 e. The number of benzene rings is 1. The van der Waals surface area contributed by atoms with Gasteiger partial charge in [0.15, 0.2) is 0 Å². The number of rotatable bonds is 4. The van der Waals surface area contributed by atoms with Crippen LogP contribution in [0.4, 0.5) is 0 Å². The van der Waals surface area contributed by atoms with E-state index in [-0.39, 0.29) is 11.2 Å². The molecular formula is C15H14ClNO. The molecule has 0 N–H and O–H groups in total. The fourth-order valence-corrected chi connectivity index (χ4v) is 2.09. The molecule has 1 atom stereocenters. The molecule has 1 aromatic heterocycles. The van der Waals surface area contributed by atoms with E-state index in [4.69, 9.17) is 11.6 Å². The Bertz CT molecular complexity index is 522. The number of hydrogen-bond donors (Lipinski definition) is 0. The van der Waals surface area contributed by atoms with Gasteiger partial charge in [-0.05, 0) is 42.1 Å². The molecule has 2 nitrogen and oxygen atoms in total. The predicted octanol–water partition coefficient (Wildman–Crippen LogP) is 3.48. The molecule has 0 aliphatic rings. The lowest BCUT2D eigenvalue weighted by Crippen LogP contribution is -2.10. The molecule has 0 amide bonds. The molecule has 1 heterocycles. The summed E-state index contributed by atoms with van der Waals surface area (Å²) in [5, 5.41) is -0.331. The molecule has 0 fully saturated rings. The Morgan fingerprint density at radius 2 is 2.00 bits per heavy atom. The van der Waals surface area contributed by atoms with Gasteiger partial charge in [-0.1, -0.05) is 35.9 Å². The first-order valence-corrected chi connectivity index (χ1v) is 6.19. The van der Waals surface area contributed by atoms with Crippen LogP contribution >= 0.6 is 11.6 Å². The van der Waals surface area contributed by atoms with E-state index in [1.807, 2.05) is 43.3 Å². The van der Waals surface area contributed by atoms with Gasteiger partial charge in [0.2, 0.25) is 5.24 Å². The third-order valence-electron chi connectivity index (χ3n) is 2.92. The second-order valence-corrected chi connectivity index (χ2v) is 4.71. The van der Waals surface area contributed by atoms with Gasteiger partial charge in [0.05, 0.1) is 5.92 Å². The number of carbonyl (C=O) groups is 1. The summed E-state index contributed by atoms with van der Waals surface area (Å²) >= 11 is 5.71. The van der Waals surface area contributed by atoms with E-state index >= 15 is 0 Å². The minimum absolute atomic E-state index is 0.309. The second kappa shape index (κ2) is 5.78. The fraction of sp³-hybridized carbons (Fsp3) is 0.200. The lowest BCUT2D eigenvalue weighted by Gasteiger charge is -2.13. The van der Waals surface area contributed by atoms with Gasteiger partial charge in [-0.15, -0.1) is 0 Å². The molecule has 0 bridgehead atoms. The summed E-state index contributed by atoms with van der Waals surface area (Å²) in [5.41, 5.74) is 3.13. The maximum atomic E-state index is 11.6. The summed E-state index contributed by atoms with van der Waals surface area (Å²) in [5.74, 6) is -0.309. The highest BCUT2D eigenvalue weighted by molar-refractivity contribution is 6.64. The van der Waals surface area contributed by atoms with Crippen molar-refractivity contribution in [3.8, 4) is 0 Å². The summed E-state index contributed by atoms with van der Waals surface area (Å²) in [6.45, 7) is 2.02. The van der Waals surface area contributed by atoms with E-state index in [9.17, 15) is 4.79 Å². The standard InChI is InChI=1S/C15H14ClNO/c1-11-4-6-13(7-5-11)14(15(16)18)9-12-3-2-8-17-10-12/h2-8,10,14H,9H2,1H3. The van der Waals surface area contributed by atoms with E-state index in [0.29, 0.717) is 6.42 Å². The van der Waals surface area contributed by atoms with Crippen LogP contribution in [0.2, 0.25) is 0 Å².